The molecule has 1 fully saturated rings. The number of hydrogen-bond acceptors (Lipinski definition) is 6. The molecular formula is C25H29N5O4. The fraction of sp³-hybridized carbons (Fsp3) is 0.400. The molecule has 178 valence electrons. The lowest BCUT2D eigenvalue weighted by molar-refractivity contribution is -0.122. The normalized spacial score (nSPS) is 21.7. The van der Waals surface area contributed by atoms with Gasteiger partial charge in [0.1, 0.15) is 17.6 Å². The molecule has 1 aliphatic carbocycles. The minimum atomic E-state index is -1.05. The van der Waals surface area contributed by atoms with E-state index >= 15 is 0 Å². The zero-order valence-electron chi connectivity index (χ0n) is 19.6. The van der Waals surface area contributed by atoms with Crippen LogP contribution in [0.25, 0.3) is 0 Å². The fourth-order valence-electron chi connectivity index (χ4n) is 4.74. The molecule has 2 aromatic rings. The zero-order chi connectivity index (χ0) is 24.5. The molecular weight excluding hydrogens is 434 g/mol. The molecule has 0 spiro atoms. The van der Waals surface area contributed by atoms with Crippen LogP contribution in [0.1, 0.15) is 42.4 Å². The molecule has 9 nitrogen and oxygen atoms in total. The van der Waals surface area contributed by atoms with Crippen LogP contribution < -0.4 is 25.8 Å². The molecule has 0 saturated heterocycles. The van der Waals surface area contributed by atoms with Gasteiger partial charge < -0.3 is 30.7 Å². The molecule has 9 heteroatoms. The molecule has 4 rings (SSSR count). The Labute approximate surface area is 198 Å². The standard InChI is InChI=1S/C25H29N5O4/c1-15-4-6-21(34-3)22-19(15)14-30(24(32)29-22)18-8-10-25(27,11-9-18)23(31)28-17-5-7-20(33-2)16(12-17)13-26/h4-7,12,18H,8-11,14,27H2,1-3H3,(H,28,31)(H,29,32). The van der Waals surface area contributed by atoms with Gasteiger partial charge in [-0.25, -0.2) is 4.79 Å². The van der Waals surface area contributed by atoms with Crippen LogP contribution in [0.15, 0.2) is 30.3 Å². The van der Waals surface area contributed by atoms with E-state index in [4.69, 9.17) is 15.2 Å². The van der Waals surface area contributed by atoms with E-state index in [1.807, 2.05) is 24.0 Å². The molecule has 0 radical (unpaired) electrons. The summed E-state index contributed by atoms with van der Waals surface area (Å²) in [4.78, 5) is 27.7. The molecule has 0 atom stereocenters. The zero-order valence-corrected chi connectivity index (χ0v) is 19.6. The van der Waals surface area contributed by atoms with E-state index in [0.29, 0.717) is 55.0 Å². The molecule has 0 bridgehead atoms. The number of rotatable bonds is 5. The number of nitrogens with one attached hydrogen (secondary N) is 2. The molecule has 1 saturated carbocycles. The van der Waals surface area contributed by atoms with Gasteiger partial charge in [0, 0.05) is 17.3 Å². The Morgan fingerprint density at radius 1 is 1.21 bits per heavy atom. The third-order valence-corrected chi connectivity index (χ3v) is 6.87. The highest BCUT2D eigenvalue weighted by Gasteiger charge is 2.42. The minimum Gasteiger partial charge on any atom is -0.495 e. The van der Waals surface area contributed by atoms with Crippen LogP contribution in [0, 0.1) is 18.3 Å². The van der Waals surface area contributed by atoms with Crippen LogP contribution >= 0.6 is 0 Å². The Morgan fingerprint density at radius 3 is 2.53 bits per heavy atom. The van der Waals surface area contributed by atoms with E-state index in [1.165, 1.54) is 7.11 Å². The highest BCUT2D eigenvalue weighted by atomic mass is 16.5. The number of nitrogens with zero attached hydrogens (tertiary/aromatic N) is 2. The largest absolute Gasteiger partial charge is 0.495 e. The second-order valence-corrected chi connectivity index (χ2v) is 8.86. The summed E-state index contributed by atoms with van der Waals surface area (Å²) in [7, 11) is 3.07. The summed E-state index contributed by atoms with van der Waals surface area (Å²) in [5.74, 6) is 0.791. The van der Waals surface area contributed by atoms with Crippen molar-refractivity contribution >= 4 is 23.3 Å². The summed E-state index contributed by atoms with van der Waals surface area (Å²) >= 11 is 0. The molecule has 0 unspecified atom stereocenters. The number of benzene rings is 2. The molecule has 3 amide bonds. The molecule has 0 aromatic heterocycles. The first kappa shape index (κ1) is 23.4. The molecule has 1 heterocycles. The van der Waals surface area contributed by atoms with Gasteiger partial charge in [-0.1, -0.05) is 6.07 Å². The van der Waals surface area contributed by atoms with Crippen molar-refractivity contribution in [3.63, 3.8) is 0 Å². The van der Waals surface area contributed by atoms with Gasteiger partial charge in [-0.15, -0.1) is 0 Å². The lowest BCUT2D eigenvalue weighted by Crippen LogP contribution is -2.57. The van der Waals surface area contributed by atoms with Gasteiger partial charge in [-0.3, -0.25) is 4.79 Å². The highest BCUT2D eigenvalue weighted by Crippen LogP contribution is 2.38. The van der Waals surface area contributed by atoms with Crippen LogP contribution in [0.5, 0.6) is 11.5 Å². The van der Waals surface area contributed by atoms with Gasteiger partial charge in [0.25, 0.3) is 0 Å². The summed E-state index contributed by atoms with van der Waals surface area (Å²) in [6, 6.07) is 10.6. The van der Waals surface area contributed by atoms with Gasteiger partial charge in [0.15, 0.2) is 0 Å². The van der Waals surface area contributed by atoms with Crippen molar-refractivity contribution in [2.24, 2.45) is 5.73 Å². The lowest BCUT2D eigenvalue weighted by atomic mass is 9.78. The topological polar surface area (TPSA) is 130 Å². The van der Waals surface area contributed by atoms with Gasteiger partial charge >= 0.3 is 6.03 Å². The van der Waals surface area contributed by atoms with E-state index in [-0.39, 0.29) is 18.0 Å². The number of nitrogens with two attached hydrogens (primary N) is 1. The molecule has 1 aliphatic heterocycles. The minimum absolute atomic E-state index is 0.0191. The maximum atomic E-state index is 13.0. The highest BCUT2D eigenvalue weighted by molar-refractivity contribution is 5.98. The van der Waals surface area contributed by atoms with Crippen molar-refractivity contribution in [3.8, 4) is 17.6 Å². The van der Waals surface area contributed by atoms with Crippen LogP contribution in [-0.2, 0) is 11.3 Å². The molecule has 34 heavy (non-hydrogen) atoms. The Morgan fingerprint density at radius 2 is 1.88 bits per heavy atom. The van der Waals surface area contributed by atoms with Gasteiger partial charge in [0.05, 0.1) is 37.6 Å². The Bertz CT molecular complexity index is 1160. The summed E-state index contributed by atoms with van der Waals surface area (Å²) < 4.78 is 10.6. The van der Waals surface area contributed by atoms with Crippen LogP contribution in [-0.4, -0.2) is 42.6 Å². The number of nitriles is 1. The number of hydrogen-bond donors (Lipinski definition) is 3. The Kier molecular flexibility index (Phi) is 6.35. The third-order valence-electron chi connectivity index (χ3n) is 6.87. The van der Waals surface area contributed by atoms with Gasteiger partial charge in [-0.05, 0) is 62.4 Å². The van der Waals surface area contributed by atoms with E-state index in [0.717, 1.165) is 16.8 Å². The number of carbonyl (C=O) groups is 2. The Balaban J connectivity index is 1.43. The molecule has 2 aromatic carbocycles. The van der Waals surface area contributed by atoms with Crippen LogP contribution in [0.4, 0.5) is 16.2 Å². The van der Waals surface area contributed by atoms with Crippen molar-refractivity contribution in [1.82, 2.24) is 4.90 Å². The van der Waals surface area contributed by atoms with Gasteiger partial charge in [0.2, 0.25) is 5.91 Å². The maximum absolute atomic E-state index is 13.0. The predicted octanol–water partition coefficient (Wildman–Crippen LogP) is 3.51. The number of aryl methyl sites for hydroxylation is 1. The average molecular weight is 464 g/mol. The van der Waals surface area contributed by atoms with Crippen molar-refractivity contribution in [2.75, 3.05) is 24.9 Å². The number of ether oxygens (including phenoxy) is 2. The SMILES string of the molecule is COc1ccc(NC(=O)C2(N)CCC(N3Cc4c(C)ccc(OC)c4NC3=O)CC2)cc1C#N. The molecule has 2 aliphatic rings. The average Bonchev–Trinajstić information content (AvgIpc) is 2.84. The van der Waals surface area contributed by atoms with Crippen molar-refractivity contribution < 1.29 is 19.1 Å². The second kappa shape index (κ2) is 9.23. The van der Waals surface area contributed by atoms with Gasteiger partial charge in [-0.2, -0.15) is 5.26 Å². The van der Waals surface area contributed by atoms with Crippen molar-refractivity contribution in [1.29, 1.82) is 5.26 Å². The first-order valence-electron chi connectivity index (χ1n) is 11.2. The number of amides is 3. The lowest BCUT2D eigenvalue weighted by Gasteiger charge is -2.42. The summed E-state index contributed by atoms with van der Waals surface area (Å²) in [6.45, 7) is 2.50. The smallest absolute Gasteiger partial charge is 0.322 e. The van der Waals surface area contributed by atoms with E-state index < -0.39 is 5.54 Å². The number of methoxy groups -OCH3 is 2. The van der Waals surface area contributed by atoms with Crippen LogP contribution in [0.2, 0.25) is 0 Å². The monoisotopic (exact) mass is 463 g/mol. The molecule has 4 N–H and O–H groups in total. The van der Waals surface area contributed by atoms with Crippen molar-refractivity contribution in [3.05, 3.63) is 47.0 Å². The van der Waals surface area contributed by atoms with E-state index in [9.17, 15) is 14.9 Å². The number of urea groups is 1. The Hall–Kier alpha value is -3.77. The number of anilines is 2. The first-order chi connectivity index (χ1) is 16.3. The first-order valence-corrected chi connectivity index (χ1v) is 11.2. The summed E-state index contributed by atoms with van der Waals surface area (Å²) in [6.07, 6.45) is 2.11. The third kappa shape index (κ3) is 4.24. The predicted molar refractivity (Wildman–Crippen MR) is 128 cm³/mol. The van der Waals surface area contributed by atoms with E-state index in [1.54, 1.807) is 25.3 Å². The quantitative estimate of drug-likeness (QED) is 0.622. The fourth-order valence-corrected chi connectivity index (χ4v) is 4.74. The summed E-state index contributed by atoms with van der Waals surface area (Å²) in [5.41, 5.74) is 9.12. The van der Waals surface area contributed by atoms with Crippen LogP contribution in [0.3, 0.4) is 0 Å². The summed E-state index contributed by atoms with van der Waals surface area (Å²) in [5, 5.41) is 15.1. The second-order valence-electron chi connectivity index (χ2n) is 8.86. The van der Waals surface area contributed by atoms with Crippen molar-refractivity contribution in [2.45, 2.75) is 50.7 Å². The van der Waals surface area contributed by atoms with E-state index in [2.05, 4.69) is 16.7 Å². The maximum Gasteiger partial charge on any atom is 0.322 e. The number of carbonyl (C=O) groups excluding carboxylic acids is 2. The number of fused-ring (bicyclic) bond motifs is 1.